The van der Waals surface area contributed by atoms with Gasteiger partial charge >= 0.3 is 67.8 Å². The maximum absolute atomic E-state index is 11.3. The second-order valence-corrected chi connectivity index (χ2v) is 3.22. The summed E-state index contributed by atoms with van der Waals surface area (Å²) in [6.45, 7) is 29.0. The number of rotatable bonds is 1. The number of hydrogen-bond acceptors (Lipinski definition) is 1. The van der Waals surface area contributed by atoms with Crippen LogP contribution in [0.4, 0.5) is 0 Å². The Bertz CT molecular complexity index is 431. The second-order valence-electron chi connectivity index (χ2n) is 3.22. The Morgan fingerprint density at radius 1 is 0.923 bits per heavy atom. The van der Waals surface area contributed by atoms with Gasteiger partial charge in [0, 0.05) is 52.3 Å². The minimum absolute atomic E-state index is 0. The van der Waals surface area contributed by atoms with Gasteiger partial charge in [-0.1, -0.05) is 11.6 Å². The molecule has 1 saturated carbocycles. The molecule has 1 unspecified atom stereocenters. The standard InChI is InChI=1S/C11H14O.6CO.2Co/c1-3-5-10-8-9(4-2)6-7-11(10)12;6*1-2;;/h1,4,10H,5-8H2,2H3;;;;;;;;/b9-4+;;;;;;;;. The van der Waals surface area contributed by atoms with Gasteiger partial charge in [0.2, 0.25) is 0 Å². The summed E-state index contributed by atoms with van der Waals surface area (Å²) in [7, 11) is 0. The molecule has 0 saturated heterocycles. The zero-order chi connectivity index (χ0) is 21.0. The van der Waals surface area contributed by atoms with Gasteiger partial charge in [0.05, 0.1) is 0 Å². The third-order valence-electron chi connectivity index (χ3n) is 2.43. The van der Waals surface area contributed by atoms with Crippen molar-refractivity contribution in [1.29, 1.82) is 0 Å². The van der Waals surface area contributed by atoms with Gasteiger partial charge in [0.15, 0.2) is 0 Å². The van der Waals surface area contributed by atoms with E-state index >= 15 is 0 Å². The van der Waals surface area contributed by atoms with E-state index in [-0.39, 0.29) is 39.5 Å². The minimum Gasteiger partial charge on any atom is 0 e. The van der Waals surface area contributed by atoms with Crippen LogP contribution in [0.1, 0.15) is 32.6 Å². The molecule has 26 heavy (non-hydrogen) atoms. The molecule has 0 spiro atoms. The first-order valence-electron chi connectivity index (χ1n) is 5.60. The first-order valence-corrected chi connectivity index (χ1v) is 5.60. The first-order chi connectivity index (χ1) is 11.8. The fourth-order valence-electron chi connectivity index (χ4n) is 1.61. The fourth-order valence-corrected chi connectivity index (χ4v) is 1.61. The summed E-state index contributed by atoms with van der Waals surface area (Å²) in [6.07, 6.45) is 10.4. The number of carbonyl (C=O) groups excluding carboxylic acids is 1. The van der Waals surface area contributed by atoms with Crippen LogP contribution in [0.15, 0.2) is 11.6 Å². The SMILES string of the molecule is C#CCC1C/C(=C/C)CCC1=O.[C-]#[O+].[C-]#[O+].[C-]#[O+].[C-]#[O+].[C-]#[O+].[C-]#[O+].[Co].[Co]. The summed E-state index contributed by atoms with van der Waals surface area (Å²) in [6, 6.07) is 0. The second kappa shape index (κ2) is 65.4. The third-order valence-corrected chi connectivity index (χ3v) is 2.43. The van der Waals surface area contributed by atoms with E-state index in [2.05, 4.69) is 51.9 Å². The quantitative estimate of drug-likeness (QED) is 0.258. The Kier molecular flexibility index (Phi) is 125. The van der Waals surface area contributed by atoms with Gasteiger partial charge in [-0.15, -0.1) is 12.3 Å². The zero-order valence-corrected chi connectivity index (χ0v) is 15.7. The maximum atomic E-state index is 11.3. The van der Waals surface area contributed by atoms with E-state index in [0.29, 0.717) is 18.6 Å². The van der Waals surface area contributed by atoms with E-state index in [9.17, 15) is 4.79 Å². The Morgan fingerprint density at radius 3 is 1.54 bits per heavy atom. The normalized spacial score (nSPS) is 13.0. The Hall–Kier alpha value is -1.58. The van der Waals surface area contributed by atoms with E-state index in [4.69, 9.17) is 34.3 Å². The van der Waals surface area contributed by atoms with Crippen molar-refractivity contribution in [3.63, 3.8) is 0 Å². The molecule has 0 amide bonds. The van der Waals surface area contributed by atoms with Gasteiger partial charge in [-0.05, 0) is 19.8 Å². The summed E-state index contributed by atoms with van der Waals surface area (Å²) in [5.74, 6) is 3.02. The smallest absolute Gasteiger partial charge is 0 e. The Labute approximate surface area is 174 Å². The van der Waals surface area contributed by atoms with Crippen molar-refractivity contribution in [2.45, 2.75) is 32.6 Å². The van der Waals surface area contributed by atoms with Crippen LogP contribution in [0.2, 0.25) is 0 Å². The molecule has 1 atom stereocenters. The summed E-state index contributed by atoms with van der Waals surface area (Å²) >= 11 is 0. The molecule has 0 N–H and O–H groups in total. The molecule has 2 radical (unpaired) electrons. The van der Waals surface area contributed by atoms with E-state index in [1.165, 1.54) is 5.57 Å². The van der Waals surface area contributed by atoms with Crippen molar-refractivity contribution in [3.8, 4) is 12.3 Å². The number of ketones is 1. The van der Waals surface area contributed by atoms with E-state index in [0.717, 1.165) is 12.8 Å². The monoisotopic (exact) mass is 448 g/mol. The summed E-state index contributed by atoms with van der Waals surface area (Å²) in [5, 5.41) is 0. The van der Waals surface area contributed by atoms with Gasteiger partial charge in [0.1, 0.15) is 5.78 Å². The average molecular weight is 448 g/mol. The van der Waals surface area contributed by atoms with Gasteiger partial charge in [-0.25, -0.2) is 0 Å². The predicted molar refractivity (Wildman–Crippen MR) is 73.1 cm³/mol. The molecule has 1 aliphatic carbocycles. The Morgan fingerprint density at radius 2 is 1.27 bits per heavy atom. The summed E-state index contributed by atoms with van der Waals surface area (Å²) < 4.78 is 45.0. The van der Waals surface area contributed by atoms with Crippen LogP contribution in [0.3, 0.4) is 0 Å². The van der Waals surface area contributed by atoms with E-state index in [1.54, 1.807) is 0 Å². The Balaban J connectivity index is -0.0000000332. The van der Waals surface area contributed by atoms with Gasteiger partial charge < -0.3 is 0 Å². The topological polar surface area (TPSA) is 136 Å². The van der Waals surface area contributed by atoms with Crippen molar-refractivity contribution < 1.29 is 66.3 Å². The van der Waals surface area contributed by atoms with Crippen molar-refractivity contribution >= 4 is 5.78 Å². The van der Waals surface area contributed by atoms with Crippen LogP contribution in [0.5, 0.6) is 0 Å². The van der Waals surface area contributed by atoms with Gasteiger partial charge in [0.25, 0.3) is 0 Å². The van der Waals surface area contributed by atoms with Crippen LogP contribution in [0, 0.1) is 58.2 Å². The molecule has 0 aliphatic heterocycles. The number of Topliss-reactive ketones (excluding diaryl/α,β-unsaturated/α-hetero) is 1. The van der Waals surface area contributed by atoms with Gasteiger partial charge in [-0.2, -0.15) is 0 Å². The predicted octanol–water partition coefficient (Wildman–Crippen LogP) is 2.10. The molecular weight excluding hydrogens is 434 g/mol. The zero-order valence-electron chi connectivity index (χ0n) is 13.6. The molecule has 0 aromatic rings. The summed E-state index contributed by atoms with van der Waals surface area (Å²) in [5.41, 5.74) is 1.38. The largest absolute Gasteiger partial charge is 0 e. The molecule has 142 valence electrons. The molecule has 0 aromatic carbocycles. The van der Waals surface area contributed by atoms with Crippen LogP contribution in [-0.4, -0.2) is 5.78 Å². The first kappa shape index (κ1) is 49.7. The van der Waals surface area contributed by atoms with Crippen LogP contribution >= 0.6 is 0 Å². The molecule has 9 heteroatoms. The van der Waals surface area contributed by atoms with Crippen LogP contribution < -0.4 is 0 Å². The molecule has 1 rings (SSSR count). The maximum Gasteiger partial charge on any atom is 0 e. The van der Waals surface area contributed by atoms with Crippen LogP contribution in [-0.2, 0) is 66.3 Å². The number of allylic oxidation sites excluding steroid dienone is 2. The van der Waals surface area contributed by atoms with Crippen molar-refractivity contribution in [2.24, 2.45) is 5.92 Å². The van der Waals surface area contributed by atoms with E-state index in [1.807, 2.05) is 6.92 Å². The van der Waals surface area contributed by atoms with Crippen molar-refractivity contribution in [1.82, 2.24) is 0 Å². The number of hydrogen-bond donors (Lipinski definition) is 0. The molecule has 0 heterocycles. The van der Waals surface area contributed by atoms with Crippen LogP contribution in [0.25, 0.3) is 0 Å². The number of terminal acetylenes is 1. The van der Waals surface area contributed by atoms with E-state index < -0.39 is 0 Å². The molecule has 1 fully saturated rings. The molecular formula is C17H14Co2O7. The fraction of sp³-hybridized carbons (Fsp3) is 0.353. The van der Waals surface area contributed by atoms with Crippen molar-refractivity contribution in [2.75, 3.05) is 0 Å². The number of carbonyl (C=O) groups is 1. The van der Waals surface area contributed by atoms with Gasteiger partial charge in [-0.3, -0.25) is 4.79 Å². The molecule has 7 nitrogen and oxygen atoms in total. The minimum atomic E-state index is 0. The van der Waals surface area contributed by atoms with Crippen molar-refractivity contribution in [3.05, 3.63) is 51.6 Å². The third kappa shape index (κ3) is 38.2. The molecule has 0 bridgehead atoms. The average Bonchev–Trinajstić information content (AvgIpc) is 2.73. The molecule has 0 aromatic heterocycles. The molecule has 1 aliphatic rings. The summed E-state index contributed by atoms with van der Waals surface area (Å²) in [4.78, 5) is 11.3.